The van der Waals surface area contributed by atoms with E-state index >= 15 is 0 Å². The van der Waals surface area contributed by atoms with E-state index in [2.05, 4.69) is 26.1 Å². The molecule has 1 aromatic rings. The molecule has 18 heavy (non-hydrogen) atoms. The summed E-state index contributed by atoms with van der Waals surface area (Å²) in [6.07, 6.45) is 0. The molecule has 0 atom stereocenters. The zero-order valence-corrected chi connectivity index (χ0v) is 12.0. The van der Waals surface area contributed by atoms with Crippen molar-refractivity contribution < 1.29 is 9.47 Å². The number of methoxy groups -OCH3 is 1. The summed E-state index contributed by atoms with van der Waals surface area (Å²) in [5.41, 5.74) is 1.27. The molecule has 0 aliphatic rings. The van der Waals surface area contributed by atoms with Gasteiger partial charge in [-0.1, -0.05) is 32.9 Å². The summed E-state index contributed by atoms with van der Waals surface area (Å²) in [4.78, 5) is 0. The van der Waals surface area contributed by atoms with E-state index in [0.29, 0.717) is 13.2 Å². The highest BCUT2D eigenvalue weighted by molar-refractivity contribution is 5.28. The van der Waals surface area contributed by atoms with Gasteiger partial charge in [0.15, 0.2) is 0 Å². The lowest BCUT2D eigenvalue weighted by Gasteiger charge is -2.25. The normalized spacial score (nSPS) is 11.6. The van der Waals surface area contributed by atoms with Crippen LogP contribution in [0.15, 0.2) is 24.3 Å². The van der Waals surface area contributed by atoms with Crippen LogP contribution in [0, 0.1) is 5.41 Å². The van der Waals surface area contributed by atoms with Crippen LogP contribution in [0.5, 0.6) is 5.75 Å². The summed E-state index contributed by atoms with van der Waals surface area (Å²) in [7, 11) is 1.70. The number of nitrogens with one attached hydrogen (secondary N) is 1. The first-order chi connectivity index (χ1) is 8.57. The molecule has 0 unspecified atom stereocenters. The number of ether oxygens (including phenoxy) is 2. The molecule has 0 saturated heterocycles. The van der Waals surface area contributed by atoms with E-state index in [1.165, 1.54) is 0 Å². The molecule has 1 aromatic carbocycles. The second-order valence-corrected chi connectivity index (χ2v) is 5.31. The minimum absolute atomic E-state index is 0.132. The van der Waals surface area contributed by atoms with Gasteiger partial charge in [0.1, 0.15) is 5.75 Å². The average Bonchev–Trinajstić information content (AvgIpc) is 2.35. The van der Waals surface area contributed by atoms with Crippen LogP contribution in [0.4, 0.5) is 0 Å². The van der Waals surface area contributed by atoms with Gasteiger partial charge in [-0.05, 0) is 24.2 Å². The van der Waals surface area contributed by atoms with Crippen LogP contribution in [0.3, 0.4) is 0 Å². The van der Waals surface area contributed by atoms with E-state index in [1.807, 2.05) is 24.3 Å². The minimum atomic E-state index is 0.132. The van der Waals surface area contributed by atoms with Gasteiger partial charge in [-0.2, -0.15) is 0 Å². The molecule has 1 rings (SSSR count). The van der Waals surface area contributed by atoms with E-state index in [0.717, 1.165) is 24.4 Å². The fourth-order valence-electron chi connectivity index (χ4n) is 1.68. The Bertz CT molecular complexity index is 350. The van der Waals surface area contributed by atoms with Crippen LogP contribution in [0.25, 0.3) is 0 Å². The van der Waals surface area contributed by atoms with Gasteiger partial charge in [0.2, 0.25) is 0 Å². The predicted molar refractivity (Wildman–Crippen MR) is 75.0 cm³/mol. The average molecular weight is 251 g/mol. The Morgan fingerprint density at radius 3 is 2.72 bits per heavy atom. The Kier molecular flexibility index (Phi) is 6.16. The third kappa shape index (κ3) is 5.52. The van der Waals surface area contributed by atoms with Crippen LogP contribution in [0.1, 0.15) is 26.3 Å². The SMILES string of the molecule is CCNCC(C)(C)COc1cccc(COC)c1. The summed E-state index contributed by atoms with van der Waals surface area (Å²) in [5, 5.41) is 3.36. The van der Waals surface area contributed by atoms with E-state index in [4.69, 9.17) is 9.47 Å². The Morgan fingerprint density at radius 2 is 2.06 bits per heavy atom. The van der Waals surface area contributed by atoms with Crippen molar-refractivity contribution in [2.75, 3.05) is 26.8 Å². The van der Waals surface area contributed by atoms with Crippen molar-refractivity contribution in [3.05, 3.63) is 29.8 Å². The largest absolute Gasteiger partial charge is 0.493 e. The molecule has 0 spiro atoms. The zero-order chi connectivity index (χ0) is 13.4. The summed E-state index contributed by atoms with van der Waals surface area (Å²) in [6, 6.07) is 8.07. The second kappa shape index (κ2) is 7.39. The molecular formula is C15H25NO2. The van der Waals surface area contributed by atoms with E-state index in [-0.39, 0.29) is 5.41 Å². The maximum absolute atomic E-state index is 5.86. The maximum atomic E-state index is 5.86. The van der Waals surface area contributed by atoms with Crippen molar-refractivity contribution in [2.45, 2.75) is 27.4 Å². The number of benzene rings is 1. The smallest absolute Gasteiger partial charge is 0.119 e. The molecule has 0 aromatic heterocycles. The van der Waals surface area contributed by atoms with Crippen molar-refractivity contribution >= 4 is 0 Å². The van der Waals surface area contributed by atoms with Crippen LogP contribution >= 0.6 is 0 Å². The van der Waals surface area contributed by atoms with Gasteiger partial charge in [-0.25, -0.2) is 0 Å². The minimum Gasteiger partial charge on any atom is -0.493 e. The molecule has 0 fully saturated rings. The third-order valence-electron chi connectivity index (χ3n) is 2.69. The lowest BCUT2D eigenvalue weighted by molar-refractivity contribution is 0.173. The van der Waals surface area contributed by atoms with Crippen LogP contribution < -0.4 is 10.1 Å². The Balaban J connectivity index is 2.49. The molecule has 0 amide bonds. The number of rotatable bonds is 8. The lowest BCUT2D eigenvalue weighted by Crippen LogP contribution is -2.34. The first-order valence-corrected chi connectivity index (χ1v) is 6.49. The molecular weight excluding hydrogens is 226 g/mol. The Hall–Kier alpha value is -1.06. The van der Waals surface area contributed by atoms with Gasteiger partial charge in [-0.3, -0.25) is 0 Å². The van der Waals surface area contributed by atoms with Gasteiger partial charge in [0, 0.05) is 19.1 Å². The van der Waals surface area contributed by atoms with Crippen molar-refractivity contribution in [1.29, 1.82) is 0 Å². The zero-order valence-electron chi connectivity index (χ0n) is 12.0. The summed E-state index contributed by atoms with van der Waals surface area (Å²) in [5.74, 6) is 0.911. The van der Waals surface area contributed by atoms with E-state index in [1.54, 1.807) is 7.11 Å². The lowest BCUT2D eigenvalue weighted by atomic mass is 9.95. The number of hydrogen-bond acceptors (Lipinski definition) is 3. The highest BCUT2D eigenvalue weighted by atomic mass is 16.5. The topological polar surface area (TPSA) is 30.5 Å². The second-order valence-electron chi connectivity index (χ2n) is 5.31. The highest BCUT2D eigenvalue weighted by Crippen LogP contribution is 2.19. The molecule has 3 nitrogen and oxygen atoms in total. The van der Waals surface area contributed by atoms with Gasteiger partial charge in [0.05, 0.1) is 13.2 Å². The van der Waals surface area contributed by atoms with Gasteiger partial charge >= 0.3 is 0 Å². The molecule has 0 radical (unpaired) electrons. The summed E-state index contributed by atoms with van der Waals surface area (Å²) in [6.45, 7) is 9.80. The Labute approximate surface area is 110 Å². The monoisotopic (exact) mass is 251 g/mol. The van der Waals surface area contributed by atoms with E-state index in [9.17, 15) is 0 Å². The van der Waals surface area contributed by atoms with Gasteiger partial charge in [0.25, 0.3) is 0 Å². The molecule has 1 N–H and O–H groups in total. The molecule has 0 saturated carbocycles. The Morgan fingerprint density at radius 1 is 1.28 bits per heavy atom. The van der Waals surface area contributed by atoms with Crippen molar-refractivity contribution in [3.8, 4) is 5.75 Å². The molecule has 0 aliphatic heterocycles. The van der Waals surface area contributed by atoms with Gasteiger partial charge < -0.3 is 14.8 Å². The fourth-order valence-corrected chi connectivity index (χ4v) is 1.68. The molecule has 0 heterocycles. The standard InChI is InChI=1S/C15H25NO2/c1-5-16-11-15(2,3)12-18-14-8-6-7-13(9-14)10-17-4/h6-9,16H,5,10-12H2,1-4H3. The first kappa shape index (κ1) is 15.0. The predicted octanol–water partition coefficient (Wildman–Crippen LogP) is 2.85. The fraction of sp³-hybridized carbons (Fsp3) is 0.600. The van der Waals surface area contributed by atoms with Crippen molar-refractivity contribution in [1.82, 2.24) is 5.32 Å². The highest BCUT2D eigenvalue weighted by Gasteiger charge is 2.18. The van der Waals surface area contributed by atoms with Crippen molar-refractivity contribution in [3.63, 3.8) is 0 Å². The van der Waals surface area contributed by atoms with Gasteiger partial charge in [-0.15, -0.1) is 0 Å². The van der Waals surface area contributed by atoms with Crippen LogP contribution in [-0.4, -0.2) is 26.8 Å². The number of hydrogen-bond donors (Lipinski definition) is 1. The molecule has 0 aliphatic carbocycles. The molecule has 0 bridgehead atoms. The maximum Gasteiger partial charge on any atom is 0.119 e. The molecule has 102 valence electrons. The summed E-state index contributed by atoms with van der Waals surface area (Å²) >= 11 is 0. The third-order valence-corrected chi connectivity index (χ3v) is 2.69. The summed E-state index contributed by atoms with van der Waals surface area (Å²) < 4.78 is 11.0. The first-order valence-electron chi connectivity index (χ1n) is 6.49. The van der Waals surface area contributed by atoms with Crippen molar-refractivity contribution in [2.24, 2.45) is 5.41 Å². The van der Waals surface area contributed by atoms with Crippen LogP contribution in [-0.2, 0) is 11.3 Å². The quantitative estimate of drug-likeness (QED) is 0.770. The van der Waals surface area contributed by atoms with Crippen LogP contribution in [0.2, 0.25) is 0 Å². The van der Waals surface area contributed by atoms with E-state index < -0.39 is 0 Å². The molecule has 3 heteroatoms.